The maximum absolute atomic E-state index is 13.7. The summed E-state index contributed by atoms with van der Waals surface area (Å²) in [7, 11) is 0. The van der Waals surface area contributed by atoms with Crippen molar-refractivity contribution in [3.8, 4) is 0 Å². The third-order valence-corrected chi connectivity index (χ3v) is 6.00. The SMILES string of the molecule is O=C(NCc1ccco1)C(Cc1ccccc1)N(Cc1ccc(Cl)cc1)C(=O)Cc1ccccc1. The summed E-state index contributed by atoms with van der Waals surface area (Å²) in [6.07, 6.45) is 2.16. The zero-order chi connectivity index (χ0) is 24.5. The van der Waals surface area contributed by atoms with Gasteiger partial charge in [0.05, 0.1) is 19.2 Å². The Bertz CT molecular complexity index is 1210. The Morgan fingerprint density at radius 1 is 0.800 bits per heavy atom. The number of hydrogen-bond donors (Lipinski definition) is 1. The van der Waals surface area contributed by atoms with Crippen LogP contribution in [0.5, 0.6) is 0 Å². The van der Waals surface area contributed by atoms with Gasteiger partial charge in [0.25, 0.3) is 0 Å². The van der Waals surface area contributed by atoms with Crippen LogP contribution in [0.2, 0.25) is 5.02 Å². The van der Waals surface area contributed by atoms with Crippen LogP contribution < -0.4 is 5.32 Å². The van der Waals surface area contributed by atoms with Gasteiger partial charge in [-0.2, -0.15) is 0 Å². The number of benzene rings is 3. The van der Waals surface area contributed by atoms with Crippen molar-refractivity contribution < 1.29 is 14.0 Å². The van der Waals surface area contributed by atoms with Gasteiger partial charge >= 0.3 is 0 Å². The smallest absolute Gasteiger partial charge is 0.243 e. The fraction of sp³-hybridized carbons (Fsp3) is 0.172. The Morgan fingerprint density at radius 2 is 1.46 bits per heavy atom. The highest BCUT2D eigenvalue weighted by Crippen LogP contribution is 2.18. The highest BCUT2D eigenvalue weighted by Gasteiger charge is 2.30. The highest BCUT2D eigenvalue weighted by atomic mass is 35.5. The standard InChI is InChI=1S/C29H27ClN2O3/c30-25-15-13-24(14-16-25)21-32(28(33)19-23-10-5-2-6-11-23)27(18-22-8-3-1-4-9-22)29(34)31-20-26-12-7-17-35-26/h1-17,27H,18-21H2,(H,31,34). The van der Waals surface area contributed by atoms with Crippen LogP contribution in [-0.2, 0) is 35.5 Å². The molecule has 2 amide bonds. The lowest BCUT2D eigenvalue weighted by Gasteiger charge is -2.31. The van der Waals surface area contributed by atoms with Gasteiger partial charge in [-0.15, -0.1) is 0 Å². The summed E-state index contributed by atoms with van der Waals surface area (Å²) in [4.78, 5) is 28.8. The van der Waals surface area contributed by atoms with E-state index in [0.29, 0.717) is 17.2 Å². The average molecular weight is 487 g/mol. The lowest BCUT2D eigenvalue weighted by Crippen LogP contribution is -2.50. The second-order valence-corrected chi connectivity index (χ2v) is 8.75. The van der Waals surface area contributed by atoms with E-state index in [9.17, 15) is 9.59 Å². The second-order valence-electron chi connectivity index (χ2n) is 8.31. The number of carbonyl (C=O) groups excluding carboxylic acids is 2. The molecule has 0 radical (unpaired) electrons. The molecule has 35 heavy (non-hydrogen) atoms. The first-order chi connectivity index (χ1) is 17.1. The number of hydrogen-bond acceptors (Lipinski definition) is 3. The van der Waals surface area contributed by atoms with Crippen molar-refractivity contribution in [2.45, 2.75) is 32.0 Å². The first-order valence-corrected chi connectivity index (χ1v) is 11.9. The predicted molar refractivity (Wildman–Crippen MR) is 137 cm³/mol. The van der Waals surface area contributed by atoms with Crippen LogP contribution in [0.4, 0.5) is 0 Å². The molecule has 0 aliphatic heterocycles. The van der Waals surface area contributed by atoms with Crippen molar-refractivity contribution in [1.82, 2.24) is 10.2 Å². The number of halogens is 1. The summed E-state index contributed by atoms with van der Waals surface area (Å²) in [6.45, 7) is 0.535. The van der Waals surface area contributed by atoms with E-state index in [2.05, 4.69) is 5.32 Å². The average Bonchev–Trinajstić information content (AvgIpc) is 3.41. The van der Waals surface area contributed by atoms with Crippen molar-refractivity contribution in [3.05, 3.63) is 131 Å². The minimum absolute atomic E-state index is 0.125. The molecule has 0 aliphatic rings. The van der Waals surface area contributed by atoms with Crippen LogP contribution in [0.3, 0.4) is 0 Å². The Hall–Kier alpha value is -3.83. The summed E-state index contributed by atoms with van der Waals surface area (Å²) in [5.41, 5.74) is 2.76. The normalized spacial score (nSPS) is 11.6. The highest BCUT2D eigenvalue weighted by molar-refractivity contribution is 6.30. The van der Waals surface area contributed by atoms with Crippen molar-refractivity contribution >= 4 is 23.4 Å². The molecular weight excluding hydrogens is 460 g/mol. The number of rotatable bonds is 10. The van der Waals surface area contributed by atoms with Gasteiger partial charge in [0.1, 0.15) is 11.8 Å². The molecule has 0 bridgehead atoms. The molecule has 0 spiro atoms. The number of nitrogens with one attached hydrogen (secondary N) is 1. The topological polar surface area (TPSA) is 62.6 Å². The number of furan rings is 1. The summed E-state index contributed by atoms with van der Waals surface area (Å²) >= 11 is 6.07. The lowest BCUT2D eigenvalue weighted by molar-refractivity contribution is -0.140. The molecule has 0 aliphatic carbocycles. The fourth-order valence-electron chi connectivity index (χ4n) is 3.92. The van der Waals surface area contributed by atoms with Crippen LogP contribution in [0, 0.1) is 0 Å². The molecule has 1 heterocycles. The monoisotopic (exact) mass is 486 g/mol. The van der Waals surface area contributed by atoms with Gasteiger partial charge in [0, 0.05) is 18.0 Å². The van der Waals surface area contributed by atoms with Gasteiger partial charge in [-0.3, -0.25) is 9.59 Å². The van der Waals surface area contributed by atoms with E-state index < -0.39 is 6.04 Å². The number of nitrogens with zero attached hydrogens (tertiary/aromatic N) is 1. The van der Waals surface area contributed by atoms with Crippen molar-refractivity contribution in [3.63, 3.8) is 0 Å². The van der Waals surface area contributed by atoms with Crippen LogP contribution in [0.25, 0.3) is 0 Å². The zero-order valence-corrected chi connectivity index (χ0v) is 20.0. The van der Waals surface area contributed by atoms with Crippen LogP contribution in [0.15, 0.2) is 108 Å². The van der Waals surface area contributed by atoms with Gasteiger partial charge in [-0.1, -0.05) is 84.4 Å². The fourth-order valence-corrected chi connectivity index (χ4v) is 4.04. The molecule has 1 aromatic heterocycles. The van der Waals surface area contributed by atoms with Gasteiger partial charge in [0.2, 0.25) is 11.8 Å². The molecule has 6 heteroatoms. The molecule has 0 saturated carbocycles. The molecular formula is C29H27ClN2O3. The summed E-state index contributed by atoms with van der Waals surface area (Å²) in [6, 6.07) is 29.5. The van der Waals surface area contributed by atoms with Crippen LogP contribution in [0.1, 0.15) is 22.5 Å². The summed E-state index contributed by atoms with van der Waals surface area (Å²) in [5, 5.41) is 3.57. The predicted octanol–water partition coefficient (Wildman–Crippen LogP) is 5.43. The van der Waals surface area contributed by atoms with Crippen molar-refractivity contribution in [2.24, 2.45) is 0 Å². The van der Waals surface area contributed by atoms with E-state index in [1.54, 1.807) is 35.4 Å². The number of amides is 2. The molecule has 1 atom stereocenters. The summed E-state index contributed by atoms with van der Waals surface area (Å²) < 4.78 is 5.37. The maximum atomic E-state index is 13.7. The maximum Gasteiger partial charge on any atom is 0.243 e. The first-order valence-electron chi connectivity index (χ1n) is 11.5. The molecule has 0 fully saturated rings. The van der Waals surface area contributed by atoms with Crippen molar-refractivity contribution in [2.75, 3.05) is 0 Å². The van der Waals surface area contributed by atoms with Gasteiger partial charge < -0.3 is 14.6 Å². The second kappa shape index (κ2) is 12.0. The molecule has 178 valence electrons. The Labute approximate surface area is 210 Å². The molecule has 5 nitrogen and oxygen atoms in total. The molecule has 1 N–H and O–H groups in total. The van der Waals surface area contributed by atoms with E-state index in [1.807, 2.05) is 72.8 Å². The third-order valence-electron chi connectivity index (χ3n) is 5.75. The zero-order valence-electron chi connectivity index (χ0n) is 19.3. The summed E-state index contributed by atoms with van der Waals surface area (Å²) in [5.74, 6) is 0.289. The van der Waals surface area contributed by atoms with Crippen LogP contribution >= 0.6 is 11.6 Å². The largest absolute Gasteiger partial charge is 0.467 e. The Balaban J connectivity index is 1.63. The molecule has 1 unspecified atom stereocenters. The van der Waals surface area contributed by atoms with Gasteiger partial charge in [0.15, 0.2) is 0 Å². The van der Waals surface area contributed by atoms with Gasteiger partial charge in [-0.05, 0) is 41.0 Å². The van der Waals surface area contributed by atoms with Crippen molar-refractivity contribution in [1.29, 1.82) is 0 Å². The van der Waals surface area contributed by atoms with E-state index in [4.69, 9.17) is 16.0 Å². The Kier molecular flexibility index (Phi) is 8.36. The lowest BCUT2D eigenvalue weighted by atomic mass is 10.0. The van der Waals surface area contributed by atoms with E-state index >= 15 is 0 Å². The van der Waals surface area contributed by atoms with E-state index in [-0.39, 0.29) is 31.3 Å². The number of carbonyl (C=O) groups is 2. The molecule has 0 saturated heterocycles. The minimum Gasteiger partial charge on any atom is -0.467 e. The van der Waals surface area contributed by atoms with Gasteiger partial charge in [-0.25, -0.2) is 0 Å². The molecule has 4 aromatic rings. The molecule has 4 rings (SSSR count). The van der Waals surface area contributed by atoms with Crippen LogP contribution in [-0.4, -0.2) is 22.8 Å². The van der Waals surface area contributed by atoms with E-state index in [1.165, 1.54) is 0 Å². The minimum atomic E-state index is -0.709. The van der Waals surface area contributed by atoms with E-state index in [0.717, 1.165) is 16.7 Å². The quantitative estimate of drug-likeness (QED) is 0.325. The third kappa shape index (κ3) is 7.08. The molecule has 3 aromatic carbocycles. The first kappa shape index (κ1) is 24.3. The Morgan fingerprint density at radius 3 is 2.09 bits per heavy atom.